The van der Waals surface area contributed by atoms with Gasteiger partial charge < -0.3 is 4.74 Å². The molecule has 0 spiro atoms. The van der Waals surface area contributed by atoms with Gasteiger partial charge in [-0.3, -0.25) is 0 Å². The first-order chi connectivity index (χ1) is 8.88. The lowest BCUT2D eigenvalue weighted by Gasteiger charge is -2.14. The summed E-state index contributed by atoms with van der Waals surface area (Å²) in [4.78, 5) is -0.127. The Morgan fingerprint density at radius 2 is 1.68 bits per heavy atom. The van der Waals surface area contributed by atoms with E-state index >= 15 is 0 Å². The van der Waals surface area contributed by atoms with Crippen LogP contribution in [-0.2, 0) is 9.05 Å². The van der Waals surface area contributed by atoms with E-state index in [-0.39, 0.29) is 14.9 Å². The molecular formula is C12H13Cl3O3S. The van der Waals surface area contributed by atoms with Crippen molar-refractivity contribution >= 4 is 42.9 Å². The average molecular weight is 344 g/mol. The molecule has 1 aromatic rings. The van der Waals surface area contributed by atoms with E-state index < -0.39 is 9.05 Å². The van der Waals surface area contributed by atoms with E-state index in [0.29, 0.717) is 18.3 Å². The maximum atomic E-state index is 11.2. The molecule has 1 fully saturated rings. The fraction of sp³-hybridized carbons (Fsp3) is 0.500. The minimum absolute atomic E-state index is 0.127. The maximum Gasteiger partial charge on any atom is 0.261 e. The van der Waals surface area contributed by atoms with Gasteiger partial charge in [-0.25, -0.2) is 8.42 Å². The van der Waals surface area contributed by atoms with E-state index in [2.05, 4.69) is 0 Å². The Kier molecular flexibility index (Phi) is 4.88. The summed E-state index contributed by atoms with van der Waals surface area (Å²) >= 11 is 12.0. The van der Waals surface area contributed by atoms with Crippen LogP contribution in [0.1, 0.15) is 25.7 Å². The first kappa shape index (κ1) is 15.2. The number of hydrogen-bond acceptors (Lipinski definition) is 3. The van der Waals surface area contributed by atoms with E-state index in [4.69, 9.17) is 38.6 Å². The summed E-state index contributed by atoms with van der Waals surface area (Å²) in [6, 6.07) is 2.50. The molecule has 0 radical (unpaired) electrons. The summed E-state index contributed by atoms with van der Waals surface area (Å²) in [7, 11) is 1.40. The minimum atomic E-state index is -3.85. The van der Waals surface area contributed by atoms with Crippen molar-refractivity contribution in [3.05, 3.63) is 22.2 Å². The zero-order chi connectivity index (χ0) is 14.0. The van der Waals surface area contributed by atoms with Gasteiger partial charge in [-0.1, -0.05) is 36.0 Å². The number of rotatable bonds is 4. The lowest BCUT2D eigenvalue weighted by molar-refractivity contribution is 0.252. The van der Waals surface area contributed by atoms with E-state index in [0.717, 1.165) is 12.8 Å². The Balaban J connectivity index is 2.17. The Bertz CT molecular complexity index is 543. The third-order valence-corrected chi connectivity index (χ3v) is 5.09. The van der Waals surface area contributed by atoms with Crippen molar-refractivity contribution in [2.45, 2.75) is 30.6 Å². The van der Waals surface area contributed by atoms with Gasteiger partial charge in [-0.15, -0.1) is 0 Å². The first-order valence-electron chi connectivity index (χ1n) is 5.94. The van der Waals surface area contributed by atoms with Crippen LogP contribution in [-0.4, -0.2) is 15.0 Å². The second-order valence-electron chi connectivity index (χ2n) is 4.62. The summed E-state index contributed by atoms with van der Waals surface area (Å²) in [6.07, 6.45) is 4.73. The van der Waals surface area contributed by atoms with E-state index in [1.165, 1.54) is 25.0 Å². The SMILES string of the molecule is O=S(=O)(Cl)c1cc(Cl)c(OCC2CCCC2)c(Cl)c1. The van der Waals surface area contributed by atoms with Crippen LogP contribution < -0.4 is 4.74 Å². The standard InChI is InChI=1S/C12H13Cl3O3S/c13-10-5-9(19(15,16)17)6-11(14)12(10)18-7-8-3-1-2-4-8/h5-6,8H,1-4,7H2. The zero-order valence-corrected chi connectivity index (χ0v) is 13.1. The lowest BCUT2D eigenvalue weighted by Crippen LogP contribution is -2.08. The van der Waals surface area contributed by atoms with Crippen molar-refractivity contribution in [2.24, 2.45) is 5.92 Å². The van der Waals surface area contributed by atoms with Crippen molar-refractivity contribution < 1.29 is 13.2 Å². The fourth-order valence-electron chi connectivity index (χ4n) is 2.19. The molecule has 1 saturated carbocycles. The molecule has 0 atom stereocenters. The largest absolute Gasteiger partial charge is 0.490 e. The van der Waals surface area contributed by atoms with Crippen LogP contribution >= 0.6 is 33.9 Å². The Hall–Kier alpha value is -0.160. The van der Waals surface area contributed by atoms with Gasteiger partial charge in [0.05, 0.1) is 21.5 Å². The van der Waals surface area contributed by atoms with E-state index in [1.807, 2.05) is 0 Å². The highest BCUT2D eigenvalue weighted by atomic mass is 35.7. The molecule has 0 heterocycles. The normalized spacial score (nSPS) is 16.8. The molecule has 0 saturated heterocycles. The van der Waals surface area contributed by atoms with Gasteiger partial charge in [-0.05, 0) is 30.9 Å². The van der Waals surface area contributed by atoms with Crippen molar-refractivity contribution in [1.82, 2.24) is 0 Å². The molecule has 106 valence electrons. The van der Waals surface area contributed by atoms with Gasteiger partial charge in [-0.2, -0.15) is 0 Å². The van der Waals surface area contributed by atoms with Crippen LogP contribution in [0.15, 0.2) is 17.0 Å². The van der Waals surface area contributed by atoms with Crippen LogP contribution in [0.3, 0.4) is 0 Å². The molecular weight excluding hydrogens is 331 g/mol. The number of halogens is 3. The van der Waals surface area contributed by atoms with Gasteiger partial charge in [0.2, 0.25) is 0 Å². The number of ether oxygens (including phenoxy) is 1. The third-order valence-electron chi connectivity index (χ3n) is 3.19. The molecule has 0 aliphatic heterocycles. The average Bonchev–Trinajstić information content (AvgIpc) is 2.79. The highest BCUT2D eigenvalue weighted by molar-refractivity contribution is 8.13. The fourth-order valence-corrected chi connectivity index (χ4v) is 3.70. The summed E-state index contributed by atoms with van der Waals surface area (Å²) in [5, 5.41) is 0.314. The first-order valence-corrected chi connectivity index (χ1v) is 9.01. The van der Waals surface area contributed by atoms with Crippen molar-refractivity contribution in [3.63, 3.8) is 0 Å². The van der Waals surface area contributed by atoms with Crippen molar-refractivity contribution in [3.8, 4) is 5.75 Å². The molecule has 1 aliphatic carbocycles. The Labute approximate surface area is 127 Å². The topological polar surface area (TPSA) is 43.4 Å². The lowest BCUT2D eigenvalue weighted by atomic mass is 10.1. The highest BCUT2D eigenvalue weighted by Crippen LogP contribution is 2.37. The van der Waals surface area contributed by atoms with Gasteiger partial charge in [0, 0.05) is 10.7 Å². The quantitative estimate of drug-likeness (QED) is 0.756. The molecule has 1 aliphatic rings. The summed E-state index contributed by atoms with van der Waals surface area (Å²) in [6.45, 7) is 0.548. The van der Waals surface area contributed by atoms with Gasteiger partial charge in [0.15, 0.2) is 5.75 Å². The predicted octanol–water partition coefficient (Wildman–Crippen LogP) is 4.49. The summed E-state index contributed by atoms with van der Waals surface area (Å²) in [5.74, 6) is 0.836. The maximum absolute atomic E-state index is 11.2. The molecule has 2 rings (SSSR count). The molecule has 1 aromatic carbocycles. The second kappa shape index (κ2) is 6.08. The molecule has 19 heavy (non-hydrogen) atoms. The number of hydrogen-bond donors (Lipinski definition) is 0. The summed E-state index contributed by atoms with van der Waals surface area (Å²) in [5.41, 5.74) is 0. The highest BCUT2D eigenvalue weighted by Gasteiger charge is 2.20. The molecule has 0 amide bonds. The smallest absolute Gasteiger partial charge is 0.261 e. The molecule has 7 heteroatoms. The number of benzene rings is 1. The Morgan fingerprint density at radius 3 is 2.16 bits per heavy atom. The van der Waals surface area contributed by atoms with Gasteiger partial charge >= 0.3 is 0 Å². The van der Waals surface area contributed by atoms with Crippen LogP contribution in [0.2, 0.25) is 10.0 Å². The molecule has 0 bridgehead atoms. The van der Waals surface area contributed by atoms with E-state index in [1.54, 1.807) is 0 Å². The third kappa shape index (κ3) is 3.91. The van der Waals surface area contributed by atoms with Crippen molar-refractivity contribution in [1.29, 1.82) is 0 Å². The second-order valence-corrected chi connectivity index (χ2v) is 8.00. The zero-order valence-electron chi connectivity index (χ0n) is 10.0. The molecule has 0 N–H and O–H groups in total. The van der Waals surface area contributed by atoms with Crippen LogP contribution in [0.4, 0.5) is 0 Å². The molecule has 3 nitrogen and oxygen atoms in total. The van der Waals surface area contributed by atoms with Gasteiger partial charge in [0.25, 0.3) is 9.05 Å². The summed E-state index contributed by atoms with van der Waals surface area (Å²) < 4.78 is 28.1. The Morgan fingerprint density at radius 1 is 1.16 bits per heavy atom. The molecule has 0 unspecified atom stereocenters. The van der Waals surface area contributed by atoms with Crippen LogP contribution in [0.25, 0.3) is 0 Å². The minimum Gasteiger partial charge on any atom is -0.490 e. The monoisotopic (exact) mass is 342 g/mol. The van der Waals surface area contributed by atoms with Crippen LogP contribution in [0.5, 0.6) is 5.75 Å². The van der Waals surface area contributed by atoms with Gasteiger partial charge in [0.1, 0.15) is 0 Å². The predicted molar refractivity (Wildman–Crippen MR) is 77.0 cm³/mol. The van der Waals surface area contributed by atoms with Crippen molar-refractivity contribution in [2.75, 3.05) is 6.61 Å². The van der Waals surface area contributed by atoms with Crippen LogP contribution in [0, 0.1) is 5.92 Å². The molecule has 0 aromatic heterocycles. The van der Waals surface area contributed by atoms with E-state index in [9.17, 15) is 8.42 Å².